The fraction of sp³-hybridized carbons (Fsp3) is 0.700. The van der Waals surface area contributed by atoms with Crippen LogP contribution in [0.25, 0.3) is 0 Å². The lowest BCUT2D eigenvalue weighted by atomic mass is 10.2. The van der Waals surface area contributed by atoms with Crippen LogP contribution < -0.4 is 4.57 Å². The van der Waals surface area contributed by atoms with Crippen LogP contribution in [0.15, 0.2) is 5.51 Å². The normalized spacial score (nSPS) is 11.2. The molecule has 0 atom stereocenters. The molecule has 1 heterocycles. The Morgan fingerprint density at radius 3 is 2.77 bits per heavy atom. The number of aliphatic hydroxyl groups excluding tert-OH is 1. The molecule has 74 valence electrons. The molecule has 1 N–H and O–H groups in total. The van der Waals surface area contributed by atoms with Gasteiger partial charge >= 0.3 is 0 Å². The van der Waals surface area contributed by atoms with Crippen LogP contribution in [0.1, 0.15) is 24.4 Å². The standard InChI is InChI=1S/C10H18NOS/c1-8(2)6-11-7-13-10(4-5-12)9(11)3/h7-8,12H,4-6H2,1-3H3/q+1. The Kier molecular flexibility index (Phi) is 3.88. The predicted molar refractivity (Wildman–Crippen MR) is 54.9 cm³/mol. The first-order valence-electron chi connectivity index (χ1n) is 4.72. The summed E-state index contributed by atoms with van der Waals surface area (Å²) in [6.07, 6.45) is 0.793. The smallest absolute Gasteiger partial charge is 0.225 e. The second-order valence-corrected chi connectivity index (χ2v) is 4.69. The zero-order valence-electron chi connectivity index (χ0n) is 8.58. The summed E-state index contributed by atoms with van der Waals surface area (Å²) < 4.78 is 2.28. The number of rotatable bonds is 4. The molecule has 3 heteroatoms. The molecule has 0 radical (unpaired) electrons. The average molecular weight is 200 g/mol. The Hall–Kier alpha value is -0.410. The largest absolute Gasteiger partial charge is 0.396 e. The molecule has 2 nitrogen and oxygen atoms in total. The number of aromatic nitrogens is 1. The summed E-state index contributed by atoms with van der Waals surface area (Å²) in [4.78, 5) is 1.31. The van der Waals surface area contributed by atoms with Crippen LogP contribution in [0, 0.1) is 12.8 Å². The minimum absolute atomic E-state index is 0.253. The van der Waals surface area contributed by atoms with E-state index in [0.29, 0.717) is 5.92 Å². The van der Waals surface area contributed by atoms with Gasteiger partial charge in [0.15, 0.2) is 12.2 Å². The highest BCUT2D eigenvalue weighted by Gasteiger charge is 2.15. The predicted octanol–water partition coefficient (Wildman–Crippen LogP) is 1.53. The molecule has 0 saturated carbocycles. The summed E-state index contributed by atoms with van der Waals surface area (Å²) in [5, 5.41) is 8.83. The minimum atomic E-state index is 0.253. The van der Waals surface area contributed by atoms with Gasteiger partial charge in [0.2, 0.25) is 5.51 Å². The number of nitrogens with zero attached hydrogens (tertiary/aromatic N) is 1. The molecule has 0 saturated heterocycles. The molecular weight excluding hydrogens is 182 g/mol. The van der Waals surface area contributed by atoms with Gasteiger partial charge in [-0.15, -0.1) is 0 Å². The van der Waals surface area contributed by atoms with Crippen molar-refractivity contribution in [3.63, 3.8) is 0 Å². The average Bonchev–Trinajstić information content (AvgIpc) is 2.36. The van der Waals surface area contributed by atoms with Gasteiger partial charge in [-0.2, -0.15) is 4.57 Å². The van der Waals surface area contributed by atoms with Gasteiger partial charge in [-0.3, -0.25) is 0 Å². The number of hydrogen-bond donors (Lipinski definition) is 1. The summed E-state index contributed by atoms with van der Waals surface area (Å²) in [5.41, 5.74) is 3.47. The third-order valence-corrected chi connectivity index (χ3v) is 3.20. The molecule has 0 spiro atoms. The van der Waals surface area contributed by atoms with E-state index < -0.39 is 0 Å². The van der Waals surface area contributed by atoms with Crippen LogP contribution in [0.5, 0.6) is 0 Å². The van der Waals surface area contributed by atoms with E-state index >= 15 is 0 Å². The summed E-state index contributed by atoms with van der Waals surface area (Å²) >= 11 is 1.75. The van der Waals surface area contributed by atoms with E-state index in [0.717, 1.165) is 13.0 Å². The van der Waals surface area contributed by atoms with Crippen molar-refractivity contribution in [3.8, 4) is 0 Å². The Labute approximate surface area is 83.9 Å². The van der Waals surface area contributed by atoms with Crippen LogP contribution in [0.2, 0.25) is 0 Å². The van der Waals surface area contributed by atoms with Gasteiger partial charge in [0.1, 0.15) is 0 Å². The first kappa shape index (κ1) is 10.7. The van der Waals surface area contributed by atoms with Crippen molar-refractivity contribution < 1.29 is 9.67 Å². The molecule has 1 aromatic heterocycles. The molecule has 0 aromatic carbocycles. The van der Waals surface area contributed by atoms with Crippen molar-refractivity contribution in [1.82, 2.24) is 0 Å². The molecule has 0 unspecified atom stereocenters. The van der Waals surface area contributed by atoms with Crippen LogP contribution in [0.4, 0.5) is 0 Å². The second kappa shape index (κ2) is 4.72. The van der Waals surface area contributed by atoms with Crippen molar-refractivity contribution in [2.75, 3.05) is 6.61 Å². The van der Waals surface area contributed by atoms with Crippen molar-refractivity contribution in [2.45, 2.75) is 33.7 Å². The van der Waals surface area contributed by atoms with Crippen LogP contribution in [-0.2, 0) is 13.0 Å². The lowest BCUT2D eigenvalue weighted by Crippen LogP contribution is -2.36. The first-order valence-corrected chi connectivity index (χ1v) is 5.60. The van der Waals surface area contributed by atoms with Gasteiger partial charge in [-0.25, -0.2) is 0 Å². The Morgan fingerprint density at radius 1 is 1.54 bits per heavy atom. The van der Waals surface area contributed by atoms with E-state index in [2.05, 4.69) is 30.8 Å². The zero-order chi connectivity index (χ0) is 9.84. The Morgan fingerprint density at radius 2 is 2.23 bits per heavy atom. The quantitative estimate of drug-likeness (QED) is 0.732. The van der Waals surface area contributed by atoms with Crippen molar-refractivity contribution >= 4 is 11.3 Å². The molecule has 1 rings (SSSR count). The lowest BCUT2D eigenvalue weighted by molar-refractivity contribution is -0.703. The van der Waals surface area contributed by atoms with E-state index in [4.69, 9.17) is 5.11 Å². The monoisotopic (exact) mass is 200 g/mol. The van der Waals surface area contributed by atoms with Gasteiger partial charge in [-0.05, 0) is 0 Å². The second-order valence-electron chi connectivity index (χ2n) is 3.75. The Bertz CT molecular complexity index is 268. The molecule has 0 amide bonds. The summed E-state index contributed by atoms with van der Waals surface area (Å²) in [6.45, 7) is 7.90. The summed E-state index contributed by atoms with van der Waals surface area (Å²) in [5.74, 6) is 0.681. The molecule has 0 aliphatic carbocycles. The molecule has 0 bridgehead atoms. The Balaban J connectivity index is 2.74. The topological polar surface area (TPSA) is 24.1 Å². The molecule has 1 aromatic rings. The third kappa shape index (κ3) is 2.78. The molecule has 0 fully saturated rings. The fourth-order valence-corrected chi connectivity index (χ4v) is 2.36. The van der Waals surface area contributed by atoms with Crippen molar-refractivity contribution in [2.24, 2.45) is 5.92 Å². The SMILES string of the molecule is Cc1c(CCO)sc[n+]1CC(C)C. The maximum Gasteiger partial charge on any atom is 0.225 e. The number of thiazole rings is 1. The summed E-state index contributed by atoms with van der Waals surface area (Å²) in [6, 6.07) is 0. The zero-order valence-corrected chi connectivity index (χ0v) is 9.40. The van der Waals surface area contributed by atoms with Crippen molar-refractivity contribution in [1.29, 1.82) is 0 Å². The van der Waals surface area contributed by atoms with Gasteiger partial charge < -0.3 is 5.11 Å². The van der Waals surface area contributed by atoms with E-state index in [9.17, 15) is 0 Å². The van der Waals surface area contributed by atoms with Crippen LogP contribution in [0.3, 0.4) is 0 Å². The molecule has 0 aliphatic rings. The highest BCUT2D eigenvalue weighted by atomic mass is 32.1. The third-order valence-electron chi connectivity index (χ3n) is 2.06. The van der Waals surface area contributed by atoms with Crippen LogP contribution >= 0.6 is 11.3 Å². The minimum Gasteiger partial charge on any atom is -0.396 e. The first-order chi connectivity index (χ1) is 6.15. The molecule has 0 aliphatic heterocycles. The number of aliphatic hydroxyl groups is 1. The van der Waals surface area contributed by atoms with E-state index in [-0.39, 0.29) is 6.61 Å². The van der Waals surface area contributed by atoms with Gasteiger partial charge in [0.05, 0.1) is 4.88 Å². The summed E-state index contributed by atoms with van der Waals surface area (Å²) in [7, 11) is 0. The maximum atomic E-state index is 8.83. The maximum absolute atomic E-state index is 8.83. The van der Waals surface area contributed by atoms with Gasteiger partial charge in [0, 0.05) is 25.9 Å². The van der Waals surface area contributed by atoms with Gasteiger partial charge in [-0.1, -0.05) is 25.2 Å². The van der Waals surface area contributed by atoms with E-state index in [1.54, 1.807) is 11.3 Å². The highest BCUT2D eigenvalue weighted by molar-refractivity contribution is 7.09. The van der Waals surface area contributed by atoms with E-state index in [1.807, 2.05) is 0 Å². The highest BCUT2D eigenvalue weighted by Crippen LogP contribution is 2.11. The van der Waals surface area contributed by atoms with Gasteiger partial charge in [0.25, 0.3) is 0 Å². The number of hydrogen-bond acceptors (Lipinski definition) is 2. The van der Waals surface area contributed by atoms with Crippen molar-refractivity contribution in [3.05, 3.63) is 16.1 Å². The lowest BCUT2D eigenvalue weighted by Gasteiger charge is -1.98. The fourth-order valence-electron chi connectivity index (χ4n) is 1.37. The molecule has 13 heavy (non-hydrogen) atoms. The van der Waals surface area contributed by atoms with Crippen LogP contribution in [-0.4, -0.2) is 11.7 Å². The van der Waals surface area contributed by atoms with E-state index in [1.165, 1.54) is 10.6 Å². The molecular formula is C10H18NOS+.